The topological polar surface area (TPSA) is 0 Å². The van der Waals surface area contributed by atoms with E-state index in [-0.39, 0.29) is 0 Å². The van der Waals surface area contributed by atoms with Crippen LogP contribution in [0.2, 0.25) is 0 Å². The number of thiophene rings is 1. The zero-order valence-corrected chi connectivity index (χ0v) is 9.82. The third-order valence-electron chi connectivity index (χ3n) is 3.12. The lowest BCUT2D eigenvalue weighted by Gasteiger charge is -2.23. The summed E-state index contributed by atoms with van der Waals surface area (Å²) in [6, 6.07) is 9.04. The molecule has 0 aliphatic carbocycles. The first-order chi connectivity index (χ1) is 6.63. The second-order valence-corrected chi connectivity index (χ2v) is 5.36. The van der Waals surface area contributed by atoms with E-state index < -0.39 is 0 Å². The van der Waals surface area contributed by atoms with Crippen LogP contribution in [0, 0.1) is 0 Å². The Balaban J connectivity index is 2.53. The third kappa shape index (κ3) is 1.57. The van der Waals surface area contributed by atoms with Gasteiger partial charge in [-0.2, -0.15) is 0 Å². The molecular formula is C13H16S. The first kappa shape index (κ1) is 9.72. The van der Waals surface area contributed by atoms with Gasteiger partial charge in [0, 0.05) is 4.70 Å². The van der Waals surface area contributed by atoms with Crippen LogP contribution in [0.4, 0.5) is 0 Å². The van der Waals surface area contributed by atoms with E-state index in [1.165, 1.54) is 22.1 Å². The van der Waals surface area contributed by atoms with Gasteiger partial charge in [0.1, 0.15) is 0 Å². The van der Waals surface area contributed by atoms with E-state index in [9.17, 15) is 0 Å². The molecular weight excluding hydrogens is 188 g/mol. The Labute approximate surface area is 89.6 Å². The quantitative estimate of drug-likeness (QED) is 0.671. The summed E-state index contributed by atoms with van der Waals surface area (Å²) >= 11 is 1.81. The first-order valence-electron chi connectivity index (χ1n) is 5.11. The van der Waals surface area contributed by atoms with Gasteiger partial charge in [0.25, 0.3) is 0 Å². The molecule has 2 rings (SSSR count). The number of hydrogen-bond donors (Lipinski definition) is 0. The van der Waals surface area contributed by atoms with Crippen molar-refractivity contribution in [1.82, 2.24) is 0 Å². The van der Waals surface area contributed by atoms with Gasteiger partial charge in [-0.1, -0.05) is 26.8 Å². The van der Waals surface area contributed by atoms with Crippen molar-refractivity contribution in [3.05, 3.63) is 35.2 Å². The van der Waals surface area contributed by atoms with Gasteiger partial charge in [0.15, 0.2) is 0 Å². The lowest BCUT2D eigenvalue weighted by molar-refractivity contribution is 0.507. The van der Waals surface area contributed by atoms with E-state index in [0.717, 1.165) is 0 Å². The molecule has 1 heterocycles. The molecule has 1 aromatic carbocycles. The van der Waals surface area contributed by atoms with E-state index in [2.05, 4.69) is 50.4 Å². The minimum absolute atomic E-state index is 0.302. The van der Waals surface area contributed by atoms with Crippen LogP contribution in [-0.2, 0) is 5.41 Å². The average molecular weight is 204 g/mol. The van der Waals surface area contributed by atoms with Crippen LogP contribution in [0.1, 0.15) is 32.8 Å². The Morgan fingerprint density at radius 2 is 2.00 bits per heavy atom. The van der Waals surface area contributed by atoms with Crippen molar-refractivity contribution >= 4 is 21.4 Å². The standard InChI is InChI=1S/C13H16S/c1-4-13(2,3)11-5-6-12-10(9-11)7-8-14-12/h5-9H,4H2,1-3H3. The molecule has 14 heavy (non-hydrogen) atoms. The fraction of sp³-hybridized carbons (Fsp3) is 0.385. The molecule has 0 amide bonds. The van der Waals surface area contributed by atoms with Crippen LogP contribution in [-0.4, -0.2) is 0 Å². The molecule has 0 N–H and O–H groups in total. The summed E-state index contributed by atoms with van der Waals surface area (Å²) in [5.74, 6) is 0. The molecule has 0 fully saturated rings. The zero-order chi connectivity index (χ0) is 10.2. The summed E-state index contributed by atoms with van der Waals surface area (Å²) in [4.78, 5) is 0. The molecule has 1 heteroatoms. The summed E-state index contributed by atoms with van der Waals surface area (Å²) in [7, 11) is 0. The van der Waals surface area contributed by atoms with Crippen LogP contribution in [0.25, 0.3) is 10.1 Å². The number of fused-ring (bicyclic) bond motifs is 1. The van der Waals surface area contributed by atoms with Crippen LogP contribution in [0.15, 0.2) is 29.6 Å². The summed E-state index contributed by atoms with van der Waals surface area (Å²) in [6.45, 7) is 6.86. The summed E-state index contributed by atoms with van der Waals surface area (Å²) in [5.41, 5.74) is 1.75. The average Bonchev–Trinajstić information content (AvgIpc) is 2.64. The van der Waals surface area contributed by atoms with E-state index in [4.69, 9.17) is 0 Å². The van der Waals surface area contributed by atoms with Crippen molar-refractivity contribution in [3.8, 4) is 0 Å². The normalized spacial score (nSPS) is 12.2. The minimum Gasteiger partial charge on any atom is -0.144 e. The van der Waals surface area contributed by atoms with E-state index in [0.29, 0.717) is 5.41 Å². The molecule has 0 aliphatic rings. The number of benzene rings is 1. The van der Waals surface area contributed by atoms with Crippen molar-refractivity contribution in [1.29, 1.82) is 0 Å². The molecule has 0 spiro atoms. The van der Waals surface area contributed by atoms with Crippen molar-refractivity contribution < 1.29 is 0 Å². The third-order valence-corrected chi connectivity index (χ3v) is 4.02. The minimum atomic E-state index is 0.302. The maximum Gasteiger partial charge on any atom is 0.0342 e. The molecule has 1 aromatic heterocycles. The predicted molar refractivity (Wildman–Crippen MR) is 65.1 cm³/mol. The van der Waals surface area contributed by atoms with E-state index >= 15 is 0 Å². The molecule has 74 valence electrons. The van der Waals surface area contributed by atoms with Gasteiger partial charge in [0.05, 0.1) is 0 Å². The van der Waals surface area contributed by atoms with Crippen molar-refractivity contribution in [2.24, 2.45) is 0 Å². The highest BCUT2D eigenvalue weighted by molar-refractivity contribution is 7.17. The van der Waals surface area contributed by atoms with Gasteiger partial charge >= 0.3 is 0 Å². The van der Waals surface area contributed by atoms with Gasteiger partial charge in [-0.15, -0.1) is 11.3 Å². The second kappa shape index (κ2) is 3.39. The van der Waals surface area contributed by atoms with Crippen LogP contribution in [0.3, 0.4) is 0 Å². The van der Waals surface area contributed by atoms with E-state index in [1.807, 2.05) is 11.3 Å². The second-order valence-electron chi connectivity index (χ2n) is 4.41. The van der Waals surface area contributed by atoms with Gasteiger partial charge in [-0.3, -0.25) is 0 Å². The monoisotopic (exact) mass is 204 g/mol. The lowest BCUT2D eigenvalue weighted by atomic mass is 9.82. The summed E-state index contributed by atoms with van der Waals surface area (Å²) in [6.07, 6.45) is 1.18. The van der Waals surface area contributed by atoms with Gasteiger partial charge in [-0.25, -0.2) is 0 Å². The zero-order valence-electron chi connectivity index (χ0n) is 9.00. The molecule has 0 saturated heterocycles. The number of hydrogen-bond acceptors (Lipinski definition) is 1. The van der Waals surface area contributed by atoms with Crippen molar-refractivity contribution in [3.63, 3.8) is 0 Å². The molecule has 0 unspecified atom stereocenters. The Bertz CT molecular complexity index is 437. The summed E-state index contributed by atoms with van der Waals surface area (Å²) in [5, 5.41) is 3.54. The Hall–Kier alpha value is -0.820. The molecule has 0 saturated carbocycles. The van der Waals surface area contributed by atoms with Crippen LogP contribution >= 0.6 is 11.3 Å². The number of rotatable bonds is 2. The van der Waals surface area contributed by atoms with Crippen molar-refractivity contribution in [2.45, 2.75) is 32.6 Å². The lowest BCUT2D eigenvalue weighted by Crippen LogP contribution is -2.14. The van der Waals surface area contributed by atoms with Crippen LogP contribution < -0.4 is 0 Å². The van der Waals surface area contributed by atoms with Crippen molar-refractivity contribution in [2.75, 3.05) is 0 Å². The predicted octanol–water partition coefficient (Wildman–Crippen LogP) is 4.59. The largest absolute Gasteiger partial charge is 0.144 e. The highest BCUT2D eigenvalue weighted by Gasteiger charge is 2.17. The summed E-state index contributed by atoms with van der Waals surface area (Å²) < 4.78 is 1.39. The maximum atomic E-state index is 2.33. The maximum absolute atomic E-state index is 2.33. The molecule has 0 atom stereocenters. The molecule has 0 aliphatic heterocycles. The SMILES string of the molecule is CCC(C)(C)c1ccc2sccc2c1. The fourth-order valence-electron chi connectivity index (χ4n) is 1.59. The smallest absolute Gasteiger partial charge is 0.0342 e. The van der Waals surface area contributed by atoms with Gasteiger partial charge < -0.3 is 0 Å². The Morgan fingerprint density at radius 1 is 1.21 bits per heavy atom. The Morgan fingerprint density at radius 3 is 2.71 bits per heavy atom. The van der Waals surface area contributed by atoms with Gasteiger partial charge in [0.2, 0.25) is 0 Å². The molecule has 0 nitrogen and oxygen atoms in total. The Kier molecular flexibility index (Phi) is 2.36. The highest BCUT2D eigenvalue weighted by atomic mass is 32.1. The van der Waals surface area contributed by atoms with Crippen LogP contribution in [0.5, 0.6) is 0 Å². The van der Waals surface area contributed by atoms with E-state index in [1.54, 1.807) is 0 Å². The fourth-order valence-corrected chi connectivity index (χ4v) is 2.36. The molecule has 2 aromatic rings. The van der Waals surface area contributed by atoms with Gasteiger partial charge in [-0.05, 0) is 46.4 Å². The molecule has 0 bridgehead atoms. The molecule has 0 radical (unpaired) electrons. The highest BCUT2D eigenvalue weighted by Crippen LogP contribution is 2.30. The first-order valence-corrected chi connectivity index (χ1v) is 5.99.